The molecule has 0 saturated carbocycles. The number of esters is 1. The van der Waals surface area contributed by atoms with Crippen LogP contribution < -0.4 is 5.69 Å². The van der Waals surface area contributed by atoms with Gasteiger partial charge in [-0.3, -0.25) is 9.36 Å². The summed E-state index contributed by atoms with van der Waals surface area (Å²) in [6.45, 7) is 9.26. The van der Waals surface area contributed by atoms with Crippen LogP contribution in [0.5, 0.6) is 0 Å². The average molecular weight is 373 g/mol. The summed E-state index contributed by atoms with van der Waals surface area (Å²) in [6, 6.07) is 4.51. The molecular weight excluding hydrogens is 352 g/mol. The number of nitrogens with zero attached hydrogens (tertiary/aromatic N) is 1. The van der Waals surface area contributed by atoms with Crippen LogP contribution in [0, 0.1) is 5.41 Å². The Hall–Kier alpha value is -2.53. The van der Waals surface area contributed by atoms with Crippen LogP contribution in [0.25, 0.3) is 11.0 Å². The Kier molecular flexibility index (Phi) is 4.44. The first-order chi connectivity index (χ1) is 12.2. The fourth-order valence-corrected chi connectivity index (χ4v) is 3.31. The van der Waals surface area contributed by atoms with E-state index in [4.69, 9.17) is 16.3 Å². The summed E-state index contributed by atoms with van der Waals surface area (Å²) in [5, 5.41) is 0.502. The standard InChI is InChI=1S/C20H21ClN2O3/c1-5-20(17(24)26-19(2,3)4)11-7-6-8-16(20)23-15-12-13(21)9-10-14(15)22-18(23)25/h5-12,16H,1H2,2-4H3,(H,22,25). The number of halogens is 1. The number of benzene rings is 1. The first kappa shape index (κ1) is 18.3. The van der Waals surface area contributed by atoms with Crippen molar-refractivity contribution in [2.75, 3.05) is 0 Å². The Morgan fingerprint density at radius 1 is 1.38 bits per heavy atom. The van der Waals surface area contributed by atoms with E-state index in [0.29, 0.717) is 16.1 Å². The van der Waals surface area contributed by atoms with Gasteiger partial charge in [-0.2, -0.15) is 0 Å². The molecule has 2 aromatic rings. The number of carbonyl (C=O) groups excluding carboxylic acids is 1. The molecule has 1 aromatic carbocycles. The summed E-state index contributed by atoms with van der Waals surface area (Å²) in [5.41, 5.74) is -0.946. The monoisotopic (exact) mass is 372 g/mol. The van der Waals surface area contributed by atoms with E-state index in [1.807, 2.05) is 0 Å². The Balaban J connectivity index is 2.21. The molecule has 26 heavy (non-hydrogen) atoms. The number of hydrogen-bond acceptors (Lipinski definition) is 3. The summed E-state index contributed by atoms with van der Waals surface area (Å²) < 4.78 is 7.15. The van der Waals surface area contributed by atoms with Crippen LogP contribution in [-0.4, -0.2) is 21.1 Å². The highest BCUT2D eigenvalue weighted by atomic mass is 35.5. The molecule has 3 rings (SSSR count). The maximum Gasteiger partial charge on any atom is 0.327 e. The number of H-pyrrole nitrogens is 1. The molecule has 136 valence electrons. The number of nitrogens with one attached hydrogen (secondary N) is 1. The van der Waals surface area contributed by atoms with Crippen molar-refractivity contribution in [3.05, 3.63) is 70.7 Å². The molecule has 1 aliphatic rings. The third-order valence-corrected chi connectivity index (χ3v) is 4.55. The molecule has 0 saturated heterocycles. The van der Waals surface area contributed by atoms with Crippen molar-refractivity contribution >= 4 is 28.6 Å². The van der Waals surface area contributed by atoms with Crippen LogP contribution in [0.3, 0.4) is 0 Å². The van der Waals surface area contributed by atoms with Crippen molar-refractivity contribution in [2.24, 2.45) is 5.41 Å². The predicted molar refractivity (Wildman–Crippen MR) is 103 cm³/mol. The first-order valence-corrected chi connectivity index (χ1v) is 8.68. The second-order valence-electron chi connectivity index (χ2n) is 7.29. The largest absolute Gasteiger partial charge is 0.459 e. The predicted octanol–water partition coefficient (Wildman–Crippen LogP) is 4.16. The Morgan fingerprint density at radius 2 is 2.12 bits per heavy atom. The number of fused-ring (bicyclic) bond motifs is 1. The lowest BCUT2D eigenvalue weighted by Gasteiger charge is -2.36. The van der Waals surface area contributed by atoms with E-state index in [-0.39, 0.29) is 5.69 Å². The molecule has 5 nitrogen and oxygen atoms in total. The van der Waals surface area contributed by atoms with Crippen molar-refractivity contribution in [1.29, 1.82) is 0 Å². The highest BCUT2D eigenvalue weighted by Gasteiger charge is 2.45. The van der Waals surface area contributed by atoms with E-state index in [2.05, 4.69) is 11.6 Å². The Bertz CT molecular complexity index is 991. The zero-order chi connectivity index (χ0) is 19.1. The number of carbonyl (C=O) groups is 1. The fourth-order valence-electron chi connectivity index (χ4n) is 3.14. The third kappa shape index (κ3) is 3.03. The number of ether oxygens (including phenoxy) is 1. The van der Waals surface area contributed by atoms with Crippen molar-refractivity contribution in [3.8, 4) is 0 Å². The minimum absolute atomic E-state index is 0.331. The molecule has 1 N–H and O–H groups in total. The van der Waals surface area contributed by atoms with Crippen molar-refractivity contribution in [1.82, 2.24) is 9.55 Å². The zero-order valence-electron chi connectivity index (χ0n) is 15.0. The SMILES string of the molecule is C=CC1(C(=O)OC(C)(C)C)C=CC=CC1n1c(=O)[nH]c2ccc(Cl)cc21. The van der Waals surface area contributed by atoms with Gasteiger partial charge < -0.3 is 9.72 Å². The lowest BCUT2D eigenvalue weighted by atomic mass is 9.77. The van der Waals surface area contributed by atoms with E-state index >= 15 is 0 Å². The summed E-state index contributed by atoms with van der Waals surface area (Å²) >= 11 is 6.12. The maximum absolute atomic E-state index is 13.1. The van der Waals surface area contributed by atoms with Gasteiger partial charge in [0.1, 0.15) is 11.0 Å². The Labute approximate surface area is 156 Å². The van der Waals surface area contributed by atoms with Crippen molar-refractivity contribution in [3.63, 3.8) is 0 Å². The number of aromatic nitrogens is 2. The van der Waals surface area contributed by atoms with E-state index < -0.39 is 23.0 Å². The summed E-state index contributed by atoms with van der Waals surface area (Å²) in [5.74, 6) is -0.464. The normalized spacial score (nSPS) is 22.5. The van der Waals surface area contributed by atoms with Gasteiger partial charge in [0, 0.05) is 5.02 Å². The lowest BCUT2D eigenvalue weighted by molar-refractivity contribution is -0.163. The van der Waals surface area contributed by atoms with Gasteiger partial charge in [-0.05, 0) is 39.0 Å². The minimum atomic E-state index is -1.21. The Morgan fingerprint density at radius 3 is 2.77 bits per heavy atom. The van der Waals surface area contributed by atoms with E-state index in [0.717, 1.165) is 0 Å². The topological polar surface area (TPSA) is 64.1 Å². The molecule has 1 aliphatic carbocycles. The molecule has 0 spiro atoms. The van der Waals surface area contributed by atoms with Gasteiger partial charge in [0.2, 0.25) is 0 Å². The highest BCUT2D eigenvalue weighted by molar-refractivity contribution is 6.31. The van der Waals surface area contributed by atoms with Gasteiger partial charge in [-0.1, -0.05) is 42.0 Å². The quantitative estimate of drug-likeness (QED) is 0.649. The molecule has 0 bridgehead atoms. The second-order valence-corrected chi connectivity index (χ2v) is 7.73. The van der Waals surface area contributed by atoms with Crippen LogP contribution >= 0.6 is 11.6 Å². The molecular formula is C20H21ClN2O3. The average Bonchev–Trinajstić information content (AvgIpc) is 2.88. The molecule has 0 fully saturated rings. The molecule has 6 heteroatoms. The summed E-state index contributed by atoms with van der Waals surface area (Å²) in [4.78, 5) is 28.5. The number of hydrogen-bond donors (Lipinski definition) is 1. The number of allylic oxidation sites excluding steroid dienone is 3. The third-order valence-electron chi connectivity index (χ3n) is 4.31. The van der Waals surface area contributed by atoms with Gasteiger partial charge in [0.15, 0.2) is 0 Å². The maximum atomic E-state index is 13.1. The van der Waals surface area contributed by atoms with Crippen molar-refractivity contribution < 1.29 is 9.53 Å². The smallest absolute Gasteiger partial charge is 0.327 e. The van der Waals surface area contributed by atoms with Crippen LogP contribution in [0.4, 0.5) is 0 Å². The van der Waals surface area contributed by atoms with Crippen LogP contribution in [-0.2, 0) is 9.53 Å². The lowest BCUT2D eigenvalue weighted by Crippen LogP contribution is -2.43. The van der Waals surface area contributed by atoms with Crippen LogP contribution in [0.1, 0.15) is 26.8 Å². The molecule has 1 aromatic heterocycles. The molecule has 1 heterocycles. The van der Waals surface area contributed by atoms with E-state index in [9.17, 15) is 9.59 Å². The summed E-state index contributed by atoms with van der Waals surface area (Å²) in [6.07, 6.45) is 8.60. The fraction of sp³-hybridized carbons (Fsp3) is 0.300. The van der Waals surface area contributed by atoms with E-state index in [1.165, 1.54) is 10.6 Å². The molecule has 2 atom stereocenters. The van der Waals surface area contributed by atoms with Crippen LogP contribution in [0.2, 0.25) is 5.02 Å². The molecule has 0 aliphatic heterocycles. The molecule has 0 radical (unpaired) electrons. The highest BCUT2D eigenvalue weighted by Crippen LogP contribution is 2.41. The first-order valence-electron chi connectivity index (χ1n) is 8.31. The van der Waals surface area contributed by atoms with Gasteiger partial charge in [-0.25, -0.2) is 4.79 Å². The zero-order valence-corrected chi connectivity index (χ0v) is 15.7. The number of aromatic amines is 1. The minimum Gasteiger partial charge on any atom is -0.459 e. The molecule has 0 amide bonds. The second kappa shape index (κ2) is 6.32. The van der Waals surface area contributed by atoms with Gasteiger partial charge in [0.25, 0.3) is 0 Å². The van der Waals surface area contributed by atoms with Crippen LogP contribution in [0.15, 0.2) is 60.0 Å². The number of imidazole rings is 1. The van der Waals surface area contributed by atoms with E-state index in [1.54, 1.807) is 63.3 Å². The number of rotatable bonds is 3. The summed E-state index contributed by atoms with van der Waals surface area (Å²) in [7, 11) is 0. The molecule has 2 unspecified atom stereocenters. The van der Waals surface area contributed by atoms with Crippen molar-refractivity contribution in [2.45, 2.75) is 32.4 Å². The van der Waals surface area contributed by atoms with Gasteiger partial charge in [0.05, 0.1) is 17.1 Å². The van der Waals surface area contributed by atoms with Gasteiger partial charge >= 0.3 is 11.7 Å². The van der Waals surface area contributed by atoms with Gasteiger partial charge in [-0.15, -0.1) is 6.58 Å².